The molecule has 25 heavy (non-hydrogen) atoms. The van der Waals surface area contributed by atoms with Gasteiger partial charge >= 0.3 is 0 Å². The number of alkyl halides is 2. The molecule has 0 amide bonds. The number of aliphatic hydroxyl groups is 1. The van der Waals surface area contributed by atoms with E-state index in [0.717, 1.165) is 0 Å². The third-order valence-electron chi connectivity index (χ3n) is 6.73. The number of Topliss-reactive ketones (excluding diaryl/α,β-unsaturated/α-hetero) is 1. The van der Waals surface area contributed by atoms with Crippen LogP contribution >= 0.6 is 46.4 Å². The maximum Gasteiger partial charge on any atom is 0.218 e. The number of carbonyl (C=O) groups is 1. The molecule has 0 saturated heterocycles. The molecular weight excluding hydrogens is 410 g/mol. The summed E-state index contributed by atoms with van der Waals surface area (Å²) >= 11 is 27.0. The van der Waals surface area contributed by atoms with Crippen LogP contribution in [0.4, 0.5) is 0 Å². The molecule has 0 heterocycles. The quantitative estimate of drug-likeness (QED) is 0.544. The molecule has 0 spiro atoms. The molecular formula is C17H22Cl4O4. The average Bonchev–Trinajstić information content (AvgIpc) is 2.78. The van der Waals surface area contributed by atoms with Crippen molar-refractivity contribution < 1.29 is 19.4 Å². The minimum Gasteiger partial charge on any atom is -0.392 e. The van der Waals surface area contributed by atoms with E-state index in [1.807, 2.05) is 13.8 Å². The zero-order chi connectivity index (χ0) is 19.2. The lowest BCUT2D eigenvalue weighted by molar-refractivity contribution is -0.223. The number of rotatable bonds is 3. The van der Waals surface area contributed by atoms with Crippen LogP contribution in [0, 0.1) is 23.2 Å². The van der Waals surface area contributed by atoms with Gasteiger partial charge in [0.2, 0.25) is 5.79 Å². The maximum absolute atomic E-state index is 13.3. The van der Waals surface area contributed by atoms with Gasteiger partial charge in [0.05, 0.1) is 21.6 Å². The number of ketones is 1. The van der Waals surface area contributed by atoms with Crippen LogP contribution in [0.1, 0.15) is 27.2 Å². The molecule has 4 nitrogen and oxygen atoms in total. The van der Waals surface area contributed by atoms with Crippen molar-refractivity contribution in [3.05, 3.63) is 10.1 Å². The lowest BCUT2D eigenvalue weighted by Crippen LogP contribution is -2.61. The predicted octanol–water partition coefficient (Wildman–Crippen LogP) is 3.88. The molecule has 142 valence electrons. The second kappa shape index (κ2) is 5.73. The molecule has 0 unspecified atom stereocenters. The van der Waals surface area contributed by atoms with E-state index in [1.165, 1.54) is 14.2 Å². The second-order valence-electron chi connectivity index (χ2n) is 7.73. The van der Waals surface area contributed by atoms with Crippen LogP contribution in [-0.2, 0) is 14.3 Å². The summed E-state index contributed by atoms with van der Waals surface area (Å²) in [5.41, 5.74) is -1.29. The molecule has 2 bridgehead atoms. The highest BCUT2D eigenvalue weighted by Crippen LogP contribution is 2.80. The molecule has 3 aliphatic carbocycles. The van der Waals surface area contributed by atoms with Gasteiger partial charge < -0.3 is 14.6 Å². The van der Waals surface area contributed by atoms with Gasteiger partial charge in [0.25, 0.3) is 0 Å². The number of halogens is 4. The van der Waals surface area contributed by atoms with E-state index < -0.39 is 33.0 Å². The van der Waals surface area contributed by atoms with Crippen molar-refractivity contribution in [1.29, 1.82) is 0 Å². The molecule has 2 fully saturated rings. The average molecular weight is 432 g/mol. The van der Waals surface area contributed by atoms with Gasteiger partial charge in [-0.15, -0.1) is 23.2 Å². The fraction of sp³-hybridized carbons (Fsp3) is 0.824. The van der Waals surface area contributed by atoms with Gasteiger partial charge in [-0.1, -0.05) is 37.0 Å². The number of fused-ring (bicyclic) bond motifs is 5. The van der Waals surface area contributed by atoms with Crippen LogP contribution in [0.3, 0.4) is 0 Å². The molecule has 3 aliphatic rings. The van der Waals surface area contributed by atoms with Gasteiger partial charge in [-0.3, -0.25) is 4.79 Å². The van der Waals surface area contributed by atoms with Crippen LogP contribution < -0.4 is 0 Å². The van der Waals surface area contributed by atoms with Gasteiger partial charge in [0.1, 0.15) is 15.5 Å². The first-order valence-electron chi connectivity index (χ1n) is 8.19. The molecule has 2 saturated carbocycles. The Morgan fingerprint density at radius 3 is 2.12 bits per heavy atom. The summed E-state index contributed by atoms with van der Waals surface area (Å²) in [4.78, 5) is 10.1. The van der Waals surface area contributed by atoms with Crippen molar-refractivity contribution in [2.75, 3.05) is 14.2 Å². The van der Waals surface area contributed by atoms with Crippen molar-refractivity contribution in [2.24, 2.45) is 23.2 Å². The first-order chi connectivity index (χ1) is 11.4. The van der Waals surface area contributed by atoms with E-state index >= 15 is 0 Å². The number of carbonyl (C=O) groups excluding carboxylic acids is 1. The van der Waals surface area contributed by atoms with Gasteiger partial charge in [0, 0.05) is 26.6 Å². The lowest BCUT2D eigenvalue weighted by atomic mass is 9.56. The number of aliphatic hydroxyl groups excluding tert-OH is 1. The summed E-state index contributed by atoms with van der Waals surface area (Å²) < 4.78 is 11.3. The summed E-state index contributed by atoms with van der Waals surface area (Å²) in [5, 5.41) is 11.3. The van der Waals surface area contributed by atoms with Crippen LogP contribution in [0.2, 0.25) is 0 Å². The summed E-state index contributed by atoms with van der Waals surface area (Å²) in [6, 6.07) is 0. The third kappa shape index (κ3) is 1.77. The Morgan fingerprint density at radius 2 is 1.68 bits per heavy atom. The first kappa shape index (κ1) is 20.2. The topological polar surface area (TPSA) is 55.8 Å². The summed E-state index contributed by atoms with van der Waals surface area (Å²) in [7, 11) is 2.77. The van der Waals surface area contributed by atoms with Crippen molar-refractivity contribution in [1.82, 2.24) is 0 Å². The van der Waals surface area contributed by atoms with E-state index in [0.29, 0.717) is 0 Å². The second-order valence-corrected chi connectivity index (χ2v) is 9.65. The highest BCUT2D eigenvalue weighted by Gasteiger charge is 2.91. The first-order valence-corrected chi connectivity index (χ1v) is 9.70. The number of ether oxygens (including phenoxy) is 2. The van der Waals surface area contributed by atoms with Crippen LogP contribution in [0.5, 0.6) is 0 Å². The fourth-order valence-electron chi connectivity index (χ4n) is 5.40. The molecule has 1 N–H and O–H groups in total. The van der Waals surface area contributed by atoms with E-state index in [2.05, 4.69) is 0 Å². The maximum atomic E-state index is 13.3. The monoisotopic (exact) mass is 430 g/mol. The molecule has 0 radical (unpaired) electrons. The van der Waals surface area contributed by atoms with E-state index in [9.17, 15) is 9.90 Å². The largest absolute Gasteiger partial charge is 0.392 e. The Morgan fingerprint density at radius 1 is 1.16 bits per heavy atom. The zero-order valence-electron chi connectivity index (χ0n) is 14.7. The van der Waals surface area contributed by atoms with Gasteiger partial charge in [-0.25, -0.2) is 0 Å². The molecule has 0 aromatic carbocycles. The van der Waals surface area contributed by atoms with Crippen molar-refractivity contribution in [2.45, 2.75) is 48.8 Å². The molecule has 3 rings (SSSR count). The summed E-state index contributed by atoms with van der Waals surface area (Å²) in [6.07, 6.45) is -0.734. The van der Waals surface area contributed by atoms with Crippen LogP contribution in [0.25, 0.3) is 0 Å². The number of methoxy groups -OCH3 is 2. The van der Waals surface area contributed by atoms with Crippen molar-refractivity contribution >= 4 is 52.2 Å². The molecule has 0 aromatic rings. The Hall–Kier alpha value is 0.450. The minimum absolute atomic E-state index is 0.0387. The fourth-order valence-corrected chi connectivity index (χ4v) is 7.76. The van der Waals surface area contributed by atoms with Crippen LogP contribution in [-0.4, -0.2) is 46.7 Å². The highest BCUT2D eigenvalue weighted by molar-refractivity contribution is 6.53. The van der Waals surface area contributed by atoms with Gasteiger partial charge in [0.15, 0.2) is 0 Å². The van der Waals surface area contributed by atoms with Crippen molar-refractivity contribution in [3.8, 4) is 0 Å². The van der Waals surface area contributed by atoms with Gasteiger partial charge in [-0.2, -0.15) is 0 Å². The molecule has 8 heteroatoms. The minimum atomic E-state index is -1.68. The van der Waals surface area contributed by atoms with E-state index in [-0.39, 0.29) is 34.1 Å². The zero-order valence-corrected chi connectivity index (χ0v) is 17.7. The predicted molar refractivity (Wildman–Crippen MR) is 98.2 cm³/mol. The van der Waals surface area contributed by atoms with Gasteiger partial charge in [-0.05, 0) is 18.8 Å². The molecule has 0 aromatic heterocycles. The Balaban J connectivity index is 2.37. The SMILES string of the molecule is COC1(OC)[C@]2(Cl)C(Cl)=C(Cl)[C@@]1(Cl)[C@@]1(C)C(=O)C[C@@H](C(C)C)[C@@H](O)[C@H]12. The summed E-state index contributed by atoms with van der Waals surface area (Å²) in [6.45, 7) is 5.59. The van der Waals surface area contributed by atoms with Crippen LogP contribution in [0.15, 0.2) is 10.1 Å². The smallest absolute Gasteiger partial charge is 0.218 e. The third-order valence-corrected chi connectivity index (χ3v) is 9.48. The Kier molecular flexibility index (Phi) is 4.63. The Labute approximate surface area is 167 Å². The highest BCUT2D eigenvalue weighted by atomic mass is 35.5. The lowest BCUT2D eigenvalue weighted by Gasteiger charge is -2.52. The molecule has 0 aliphatic heterocycles. The van der Waals surface area contributed by atoms with Crippen molar-refractivity contribution in [3.63, 3.8) is 0 Å². The standard InChI is InChI=1S/C17H22Cl4O4/c1-7(2)8-6-9(22)14(3)11(10(8)23)15(20)12(18)13(19)16(14,21)17(15,24-4)25-5/h7-8,10-11,23H,6H2,1-5H3/t8-,10+,11+,14-,15+,16+/m0/s1. The van der Waals surface area contributed by atoms with E-state index in [1.54, 1.807) is 6.92 Å². The normalized spacial score (nSPS) is 48.4. The summed E-state index contributed by atoms with van der Waals surface area (Å²) in [5.74, 6) is -2.80. The van der Waals surface area contributed by atoms with E-state index in [4.69, 9.17) is 55.9 Å². The number of hydrogen-bond donors (Lipinski definition) is 1. The Bertz CT molecular complexity index is 661. The number of hydrogen-bond acceptors (Lipinski definition) is 4. The molecule has 6 atom stereocenters.